The maximum Gasteiger partial charge on any atom is 0.353 e. The van der Waals surface area contributed by atoms with Gasteiger partial charge in [-0.25, -0.2) is 4.79 Å². The lowest BCUT2D eigenvalue weighted by Gasteiger charge is -2.35. The predicted molar refractivity (Wildman–Crippen MR) is 150 cm³/mol. The molecular weight excluding hydrogens is 514 g/mol. The summed E-state index contributed by atoms with van der Waals surface area (Å²) in [7, 11) is 0. The Balaban J connectivity index is 1.92. The summed E-state index contributed by atoms with van der Waals surface area (Å²) in [6, 6.07) is 5.31. The number of nitrogens with one attached hydrogen (secondary N) is 2. The average Bonchev–Trinajstić information content (AvgIpc) is 3.39. The minimum atomic E-state index is -1.09. The lowest BCUT2D eigenvalue weighted by molar-refractivity contribution is -0.137. The van der Waals surface area contributed by atoms with E-state index in [9.17, 15) is 19.2 Å². The molecule has 3 rings (SSSR count). The number of carbonyl (C=O) groups excluding carboxylic acids is 4. The van der Waals surface area contributed by atoms with Gasteiger partial charge in [0.2, 0.25) is 11.8 Å². The van der Waals surface area contributed by atoms with Gasteiger partial charge in [-0.2, -0.15) is 4.68 Å². The third kappa shape index (κ3) is 8.58. The summed E-state index contributed by atoms with van der Waals surface area (Å²) >= 11 is 0. The number of unbranched alkanes of at least 4 members (excludes halogenated alkanes) is 1. The van der Waals surface area contributed by atoms with Crippen LogP contribution in [0.5, 0.6) is 0 Å². The number of imide groups is 1. The average molecular weight is 556 g/mol. The number of anilines is 1. The van der Waals surface area contributed by atoms with Crippen LogP contribution in [0, 0.1) is 0 Å². The molecule has 0 bridgehead atoms. The molecule has 0 spiro atoms. The number of aromatic nitrogens is 3. The number of carbonyl (C=O) groups is 4. The van der Waals surface area contributed by atoms with Crippen LogP contribution in [0.1, 0.15) is 63.9 Å². The first-order valence-corrected chi connectivity index (χ1v) is 13.9. The second kappa shape index (κ2) is 15.1. The van der Waals surface area contributed by atoms with Gasteiger partial charge in [-0.15, -0.1) is 5.10 Å². The van der Waals surface area contributed by atoms with Crippen LogP contribution in [0.2, 0.25) is 0 Å². The summed E-state index contributed by atoms with van der Waals surface area (Å²) in [4.78, 5) is 54.9. The Morgan fingerprint density at radius 2 is 1.70 bits per heavy atom. The van der Waals surface area contributed by atoms with Crippen molar-refractivity contribution in [3.63, 3.8) is 0 Å². The van der Waals surface area contributed by atoms with E-state index in [0.717, 1.165) is 29.5 Å². The molecule has 8 N–H and O–H groups in total. The van der Waals surface area contributed by atoms with E-state index in [1.807, 2.05) is 30.3 Å². The van der Waals surface area contributed by atoms with Crippen molar-refractivity contribution in [2.45, 2.75) is 88.9 Å². The van der Waals surface area contributed by atoms with Crippen LogP contribution < -0.4 is 27.8 Å². The highest BCUT2D eigenvalue weighted by molar-refractivity contribution is 6.00. The topological polar surface area (TPSA) is 204 Å². The second-order valence-corrected chi connectivity index (χ2v) is 10.3. The van der Waals surface area contributed by atoms with Crippen molar-refractivity contribution >= 4 is 29.6 Å². The lowest BCUT2D eigenvalue weighted by atomic mass is 9.93. The Morgan fingerprint density at radius 3 is 2.30 bits per heavy atom. The van der Waals surface area contributed by atoms with E-state index < -0.39 is 41.9 Å². The summed E-state index contributed by atoms with van der Waals surface area (Å²) < 4.78 is 0.946. The number of amides is 4. The molecule has 0 unspecified atom stereocenters. The van der Waals surface area contributed by atoms with Gasteiger partial charge in [0.05, 0.1) is 12.2 Å². The molecule has 1 aromatic heterocycles. The van der Waals surface area contributed by atoms with Crippen LogP contribution in [0.15, 0.2) is 36.5 Å². The molecule has 40 heavy (non-hydrogen) atoms. The summed E-state index contributed by atoms with van der Waals surface area (Å²) in [6.07, 6.45) is 6.98. The van der Waals surface area contributed by atoms with Crippen molar-refractivity contribution in [2.24, 2.45) is 11.5 Å². The minimum absolute atomic E-state index is 0.0451. The van der Waals surface area contributed by atoms with Crippen LogP contribution in [-0.4, -0.2) is 74.4 Å². The number of nitrogen functional groups attached to an aromatic ring is 1. The number of nitrogens with two attached hydrogens (primary N) is 3. The zero-order chi connectivity index (χ0) is 29.1. The summed E-state index contributed by atoms with van der Waals surface area (Å²) in [5.74, 6) is -1.55. The molecule has 0 radical (unpaired) electrons. The Kier molecular flexibility index (Phi) is 11.6. The first-order chi connectivity index (χ1) is 19.2. The lowest BCUT2D eigenvalue weighted by Crippen LogP contribution is -2.59. The predicted octanol–water partition coefficient (Wildman–Crippen LogP) is 0.678. The van der Waals surface area contributed by atoms with E-state index in [1.165, 1.54) is 18.0 Å². The Hall–Kier alpha value is -3.84. The zero-order valence-corrected chi connectivity index (χ0v) is 23.0. The molecule has 1 aromatic carbocycles. The van der Waals surface area contributed by atoms with Gasteiger partial charge in [0.15, 0.2) is 5.82 Å². The van der Waals surface area contributed by atoms with Gasteiger partial charge < -0.3 is 27.8 Å². The van der Waals surface area contributed by atoms with Crippen LogP contribution in [0.3, 0.4) is 0 Å². The number of rotatable bonds is 12. The van der Waals surface area contributed by atoms with Gasteiger partial charge >= 0.3 is 6.03 Å². The largest absolute Gasteiger partial charge is 0.381 e. The maximum atomic E-state index is 14.2. The quantitative estimate of drug-likeness (QED) is 0.233. The van der Waals surface area contributed by atoms with Crippen molar-refractivity contribution in [3.05, 3.63) is 42.1 Å². The van der Waals surface area contributed by atoms with Gasteiger partial charge in [-0.05, 0) is 51.1 Å². The van der Waals surface area contributed by atoms with E-state index in [0.29, 0.717) is 38.6 Å². The highest BCUT2D eigenvalue weighted by Crippen LogP contribution is 2.25. The first kappa shape index (κ1) is 30.7. The summed E-state index contributed by atoms with van der Waals surface area (Å²) in [5.41, 5.74) is 17.8. The van der Waals surface area contributed by atoms with Crippen LogP contribution in [0.4, 0.5) is 10.6 Å². The van der Waals surface area contributed by atoms with E-state index in [2.05, 4.69) is 20.9 Å². The monoisotopic (exact) mass is 555 g/mol. The van der Waals surface area contributed by atoms with Crippen molar-refractivity contribution in [1.82, 2.24) is 30.5 Å². The van der Waals surface area contributed by atoms with Gasteiger partial charge in [-0.1, -0.05) is 54.8 Å². The normalized spacial score (nSPS) is 16.0. The first-order valence-electron chi connectivity index (χ1n) is 13.9. The van der Waals surface area contributed by atoms with Gasteiger partial charge in [0.1, 0.15) is 12.1 Å². The molecule has 0 saturated heterocycles. The number of hydrogen-bond donors (Lipinski definition) is 5. The second-order valence-electron chi connectivity index (χ2n) is 10.3. The molecule has 1 fully saturated rings. The van der Waals surface area contributed by atoms with E-state index >= 15 is 0 Å². The van der Waals surface area contributed by atoms with E-state index in [4.69, 9.17) is 17.2 Å². The van der Waals surface area contributed by atoms with Crippen molar-refractivity contribution in [3.8, 4) is 0 Å². The van der Waals surface area contributed by atoms with Crippen LogP contribution >= 0.6 is 0 Å². The van der Waals surface area contributed by atoms with Crippen LogP contribution in [-0.2, 0) is 20.8 Å². The van der Waals surface area contributed by atoms with Crippen LogP contribution in [0.25, 0.3) is 0 Å². The summed E-state index contributed by atoms with van der Waals surface area (Å²) in [6.45, 7) is 1.96. The maximum absolute atomic E-state index is 14.2. The molecule has 1 saturated carbocycles. The molecule has 1 aliphatic rings. The third-order valence-corrected chi connectivity index (χ3v) is 6.98. The van der Waals surface area contributed by atoms with Gasteiger partial charge in [0.25, 0.3) is 5.91 Å². The molecule has 2 aromatic rings. The van der Waals surface area contributed by atoms with Crippen molar-refractivity contribution in [1.29, 1.82) is 0 Å². The molecule has 4 amide bonds. The Bertz CT molecular complexity index is 1130. The van der Waals surface area contributed by atoms with Gasteiger partial charge in [-0.3, -0.25) is 19.3 Å². The fraction of sp³-hybridized carbons (Fsp3) is 0.556. The molecule has 13 heteroatoms. The number of hydrogen-bond acceptors (Lipinski definition) is 9. The molecule has 1 aliphatic carbocycles. The SMILES string of the molecule is C[C@H](N)C(=O)N[C@@H](CCCCN)C(=O)N[C@@H](Cc1ccccc1)C(=O)N(C(=O)n1cc(N)nn1)C1CCCCC1. The molecule has 1 heterocycles. The fourth-order valence-electron chi connectivity index (χ4n) is 4.81. The van der Waals surface area contributed by atoms with Crippen molar-refractivity contribution in [2.75, 3.05) is 12.3 Å². The fourth-order valence-corrected chi connectivity index (χ4v) is 4.81. The molecule has 13 nitrogen and oxygen atoms in total. The van der Waals surface area contributed by atoms with E-state index in [-0.39, 0.29) is 18.3 Å². The number of nitrogens with zero attached hydrogens (tertiary/aromatic N) is 4. The van der Waals surface area contributed by atoms with E-state index in [1.54, 1.807) is 0 Å². The molecule has 0 aliphatic heterocycles. The smallest absolute Gasteiger partial charge is 0.353 e. The standard InChI is InChI=1S/C27H41N9O4/c1-18(29)24(37)31-21(14-8-9-15-28)25(38)32-22(16-19-10-4-2-5-11-19)26(39)36(20-12-6-3-7-13-20)27(40)35-17-23(30)33-34-35/h2,4-5,10-11,17-18,20-22H,3,6-9,12-16,28-30H2,1H3,(H,31,37)(H,32,38)/t18-,21-,22-/m0/s1. The van der Waals surface area contributed by atoms with Crippen molar-refractivity contribution < 1.29 is 19.2 Å². The highest BCUT2D eigenvalue weighted by Gasteiger charge is 2.38. The Morgan fingerprint density at radius 1 is 1.02 bits per heavy atom. The zero-order valence-electron chi connectivity index (χ0n) is 23.0. The molecular formula is C27H41N9O4. The summed E-state index contributed by atoms with van der Waals surface area (Å²) in [5, 5.41) is 13.0. The van der Waals surface area contributed by atoms with Gasteiger partial charge in [0, 0.05) is 12.5 Å². The Labute approximate surface area is 234 Å². The molecule has 3 atom stereocenters. The highest BCUT2D eigenvalue weighted by atomic mass is 16.2. The minimum Gasteiger partial charge on any atom is -0.381 e. The number of benzene rings is 1. The third-order valence-electron chi connectivity index (χ3n) is 6.98. The molecule has 218 valence electrons.